The Bertz CT molecular complexity index is 1270. The quantitative estimate of drug-likeness (QED) is 0.245. The number of hydrogen-bond donors (Lipinski definition) is 1. The predicted octanol–water partition coefficient (Wildman–Crippen LogP) is 4.67. The number of hydrogen-bond acceptors (Lipinski definition) is 5. The van der Waals surface area contributed by atoms with Gasteiger partial charge in [0.1, 0.15) is 0 Å². The van der Waals surface area contributed by atoms with Crippen molar-refractivity contribution in [2.45, 2.75) is 13.0 Å². The zero-order chi connectivity index (χ0) is 23.0. The molecule has 0 aliphatic heterocycles. The van der Waals surface area contributed by atoms with Crippen molar-refractivity contribution in [2.24, 2.45) is 5.10 Å². The van der Waals surface area contributed by atoms with Gasteiger partial charge in [-0.05, 0) is 17.7 Å². The molecule has 0 aliphatic carbocycles. The fourth-order valence-electron chi connectivity index (χ4n) is 3.40. The summed E-state index contributed by atoms with van der Waals surface area (Å²) in [5, 5.41) is 14.7. The summed E-state index contributed by atoms with van der Waals surface area (Å²) in [5.74, 6) is -0.248. The van der Waals surface area contributed by atoms with Crippen LogP contribution in [-0.4, -0.2) is 26.6 Å². The van der Waals surface area contributed by atoms with Crippen molar-refractivity contribution in [1.82, 2.24) is 15.0 Å². The first-order chi connectivity index (χ1) is 16.1. The summed E-state index contributed by atoms with van der Waals surface area (Å²) in [6.07, 6.45) is 3.40. The van der Waals surface area contributed by atoms with Crippen LogP contribution in [0.2, 0.25) is 0 Å². The normalized spacial score (nSPS) is 10.9. The van der Waals surface area contributed by atoms with E-state index >= 15 is 0 Å². The smallest absolute Gasteiger partial charge is 0.269 e. The number of nitro benzene ring substituents is 1. The molecular weight excluding hydrogens is 418 g/mol. The summed E-state index contributed by atoms with van der Waals surface area (Å²) >= 11 is 0. The van der Waals surface area contributed by atoms with Crippen LogP contribution in [0.1, 0.15) is 12.0 Å². The first-order valence-corrected chi connectivity index (χ1v) is 10.3. The minimum atomic E-state index is -0.467. The Morgan fingerprint density at radius 1 is 0.970 bits per heavy atom. The van der Waals surface area contributed by atoms with Crippen LogP contribution in [0.15, 0.2) is 96.4 Å². The van der Waals surface area contributed by atoms with Crippen LogP contribution in [0.4, 0.5) is 5.69 Å². The van der Waals surface area contributed by atoms with Crippen LogP contribution < -0.4 is 5.43 Å². The van der Waals surface area contributed by atoms with Gasteiger partial charge in [-0.2, -0.15) is 5.10 Å². The molecule has 1 aromatic heterocycles. The zero-order valence-corrected chi connectivity index (χ0v) is 17.7. The third-order valence-electron chi connectivity index (χ3n) is 5.02. The highest BCUT2D eigenvalue weighted by Gasteiger charge is 2.15. The van der Waals surface area contributed by atoms with Gasteiger partial charge in [0.15, 0.2) is 0 Å². The molecule has 0 aliphatic rings. The number of nitro groups is 1. The van der Waals surface area contributed by atoms with E-state index in [-0.39, 0.29) is 18.0 Å². The van der Waals surface area contributed by atoms with Crippen molar-refractivity contribution in [1.29, 1.82) is 0 Å². The predicted molar refractivity (Wildman–Crippen MR) is 127 cm³/mol. The number of rotatable bonds is 8. The van der Waals surface area contributed by atoms with Crippen molar-refractivity contribution < 1.29 is 9.72 Å². The number of amides is 1. The summed E-state index contributed by atoms with van der Waals surface area (Å²) in [5.41, 5.74) is 6.98. The molecule has 0 atom stereocenters. The van der Waals surface area contributed by atoms with Gasteiger partial charge in [0.2, 0.25) is 5.91 Å². The molecule has 0 spiro atoms. The average molecular weight is 439 g/mol. The van der Waals surface area contributed by atoms with Crippen molar-refractivity contribution in [3.8, 4) is 22.5 Å². The fraction of sp³-hybridized carbons (Fsp3) is 0.0800. The topological polar surface area (TPSA) is 102 Å². The van der Waals surface area contributed by atoms with Crippen LogP contribution in [0.25, 0.3) is 22.5 Å². The van der Waals surface area contributed by atoms with Crippen LogP contribution >= 0.6 is 0 Å². The monoisotopic (exact) mass is 439 g/mol. The number of nitrogens with zero attached hydrogens (tertiary/aromatic N) is 4. The summed E-state index contributed by atoms with van der Waals surface area (Å²) in [6.45, 7) is 0.433. The lowest BCUT2D eigenvalue weighted by atomic mass is 10.0. The summed E-state index contributed by atoms with van der Waals surface area (Å²) in [6, 6.07) is 25.8. The van der Waals surface area contributed by atoms with Crippen molar-refractivity contribution in [3.63, 3.8) is 0 Å². The maximum Gasteiger partial charge on any atom is 0.269 e. The van der Waals surface area contributed by atoms with Crippen LogP contribution in [0, 0.1) is 10.1 Å². The van der Waals surface area contributed by atoms with E-state index in [0.717, 1.165) is 22.5 Å². The summed E-state index contributed by atoms with van der Waals surface area (Å²) in [4.78, 5) is 27.2. The number of hydrazone groups is 1. The number of carbonyl (C=O) groups excluding carboxylic acids is 1. The highest BCUT2D eigenvalue weighted by molar-refractivity contribution is 5.83. The van der Waals surface area contributed by atoms with E-state index in [2.05, 4.69) is 15.5 Å². The molecule has 4 rings (SSSR count). The van der Waals surface area contributed by atoms with Crippen LogP contribution in [-0.2, 0) is 11.3 Å². The fourth-order valence-corrected chi connectivity index (χ4v) is 3.40. The first kappa shape index (κ1) is 21.6. The molecule has 164 valence electrons. The summed E-state index contributed by atoms with van der Waals surface area (Å²) in [7, 11) is 0. The minimum absolute atomic E-state index is 0.000565. The molecule has 0 fully saturated rings. The molecule has 3 aromatic carbocycles. The van der Waals surface area contributed by atoms with Gasteiger partial charge in [0.05, 0.1) is 28.9 Å². The van der Waals surface area contributed by atoms with Gasteiger partial charge < -0.3 is 4.57 Å². The molecule has 8 nitrogen and oxygen atoms in total. The van der Waals surface area contributed by atoms with E-state index in [1.807, 2.05) is 65.2 Å². The Morgan fingerprint density at radius 3 is 2.24 bits per heavy atom. The summed E-state index contributed by atoms with van der Waals surface area (Å²) < 4.78 is 1.97. The van der Waals surface area contributed by atoms with E-state index in [1.54, 1.807) is 18.5 Å². The number of imidazole rings is 1. The molecular formula is C25H21N5O3. The van der Waals surface area contributed by atoms with Crippen molar-refractivity contribution in [3.05, 3.63) is 107 Å². The van der Waals surface area contributed by atoms with E-state index < -0.39 is 4.92 Å². The van der Waals surface area contributed by atoms with E-state index in [1.165, 1.54) is 18.3 Å². The van der Waals surface area contributed by atoms with Crippen molar-refractivity contribution in [2.75, 3.05) is 0 Å². The van der Waals surface area contributed by atoms with Crippen molar-refractivity contribution >= 4 is 17.8 Å². The van der Waals surface area contributed by atoms with Gasteiger partial charge in [0.25, 0.3) is 5.69 Å². The molecule has 33 heavy (non-hydrogen) atoms. The standard InChI is InChI=1S/C25H21N5O3/c31-23(28-27-17-19-11-13-22(14-12-19)30(32)33)15-16-29-18-26-24(20-7-3-1-4-8-20)25(29)21-9-5-2-6-10-21/h1-14,17-18H,15-16H2,(H,28,31)/b27-17+. The lowest BCUT2D eigenvalue weighted by molar-refractivity contribution is -0.384. The van der Waals surface area contributed by atoms with Crippen LogP contribution in [0.3, 0.4) is 0 Å². The largest absolute Gasteiger partial charge is 0.330 e. The maximum atomic E-state index is 12.3. The highest BCUT2D eigenvalue weighted by Crippen LogP contribution is 2.31. The highest BCUT2D eigenvalue weighted by atomic mass is 16.6. The van der Waals surface area contributed by atoms with Gasteiger partial charge >= 0.3 is 0 Å². The molecule has 0 bridgehead atoms. The Morgan fingerprint density at radius 2 is 1.61 bits per heavy atom. The van der Waals surface area contributed by atoms with Gasteiger partial charge in [-0.15, -0.1) is 0 Å². The number of aromatic nitrogens is 2. The molecule has 0 saturated carbocycles. The Balaban J connectivity index is 1.44. The number of benzene rings is 3. The van der Waals surface area contributed by atoms with Gasteiger partial charge in [-0.1, -0.05) is 60.7 Å². The second-order valence-electron chi connectivity index (χ2n) is 7.26. The molecule has 0 radical (unpaired) electrons. The molecule has 1 amide bonds. The number of carbonyl (C=O) groups is 1. The Hall–Kier alpha value is -4.59. The molecule has 0 saturated heterocycles. The van der Waals surface area contributed by atoms with Gasteiger partial charge in [-0.25, -0.2) is 10.4 Å². The molecule has 4 aromatic rings. The van der Waals surface area contributed by atoms with E-state index in [0.29, 0.717) is 12.1 Å². The molecule has 0 unspecified atom stereocenters. The lowest BCUT2D eigenvalue weighted by Gasteiger charge is -2.10. The second kappa shape index (κ2) is 10.1. The second-order valence-corrected chi connectivity index (χ2v) is 7.26. The number of nitrogens with one attached hydrogen (secondary N) is 1. The minimum Gasteiger partial charge on any atom is -0.330 e. The van der Waals surface area contributed by atoms with E-state index in [9.17, 15) is 14.9 Å². The Kier molecular flexibility index (Phi) is 6.65. The van der Waals surface area contributed by atoms with Gasteiger partial charge in [0, 0.05) is 36.2 Å². The molecule has 1 N–H and O–H groups in total. The average Bonchev–Trinajstić information content (AvgIpc) is 3.28. The molecule has 8 heteroatoms. The number of non-ortho nitro benzene ring substituents is 1. The lowest BCUT2D eigenvalue weighted by Crippen LogP contribution is -2.19. The van der Waals surface area contributed by atoms with Crippen LogP contribution in [0.5, 0.6) is 0 Å². The van der Waals surface area contributed by atoms with E-state index in [4.69, 9.17) is 0 Å². The Labute approximate surface area is 190 Å². The maximum absolute atomic E-state index is 12.3. The first-order valence-electron chi connectivity index (χ1n) is 10.3. The van der Waals surface area contributed by atoms with Gasteiger partial charge in [-0.3, -0.25) is 14.9 Å². The number of aryl methyl sites for hydroxylation is 1. The SMILES string of the molecule is O=C(CCn1cnc(-c2ccccc2)c1-c1ccccc1)N/N=C/c1ccc([N+](=O)[O-])cc1. The molecule has 1 heterocycles. The zero-order valence-electron chi connectivity index (χ0n) is 17.7. The third kappa shape index (κ3) is 5.37. The third-order valence-corrected chi connectivity index (χ3v) is 5.02.